The molecule has 0 aliphatic carbocycles. The summed E-state index contributed by atoms with van der Waals surface area (Å²) < 4.78 is 26.7. The van der Waals surface area contributed by atoms with Gasteiger partial charge in [0.2, 0.25) is 0 Å². The largest absolute Gasteiger partial charge is 0.285 e. The van der Waals surface area contributed by atoms with E-state index < -0.39 is 11.6 Å². The lowest BCUT2D eigenvalue weighted by Gasteiger charge is -2.08. The van der Waals surface area contributed by atoms with Crippen LogP contribution in [0.5, 0.6) is 0 Å². The molecule has 120 valence electrons. The highest BCUT2D eigenvalue weighted by Crippen LogP contribution is 2.22. The van der Waals surface area contributed by atoms with E-state index in [1.165, 1.54) is 12.1 Å². The standard InChI is InChI=1S/C21H17F2N/c1-15(20-12-11-19(22)13-21(20)23)24-14-16-7-9-18(10-8-16)17-5-3-2-4-6-17/h2-15H,1H3. The van der Waals surface area contributed by atoms with Gasteiger partial charge >= 0.3 is 0 Å². The van der Waals surface area contributed by atoms with Crippen LogP contribution in [0.2, 0.25) is 0 Å². The average Bonchev–Trinajstić information content (AvgIpc) is 2.61. The molecular weight excluding hydrogens is 304 g/mol. The van der Waals surface area contributed by atoms with Crippen LogP contribution in [0.15, 0.2) is 77.8 Å². The van der Waals surface area contributed by atoms with E-state index in [1.54, 1.807) is 13.1 Å². The Morgan fingerprint density at radius 1 is 0.833 bits per heavy atom. The third-order valence-electron chi connectivity index (χ3n) is 3.88. The van der Waals surface area contributed by atoms with Crippen molar-refractivity contribution in [1.29, 1.82) is 0 Å². The lowest BCUT2D eigenvalue weighted by Crippen LogP contribution is -1.96. The molecule has 0 saturated heterocycles. The zero-order valence-electron chi connectivity index (χ0n) is 13.3. The summed E-state index contributed by atoms with van der Waals surface area (Å²) in [5, 5.41) is 0. The summed E-state index contributed by atoms with van der Waals surface area (Å²) >= 11 is 0. The first-order valence-electron chi connectivity index (χ1n) is 7.77. The Morgan fingerprint density at radius 3 is 2.17 bits per heavy atom. The van der Waals surface area contributed by atoms with Crippen molar-refractivity contribution in [1.82, 2.24) is 0 Å². The van der Waals surface area contributed by atoms with Crippen LogP contribution >= 0.6 is 0 Å². The van der Waals surface area contributed by atoms with E-state index in [-0.39, 0.29) is 6.04 Å². The van der Waals surface area contributed by atoms with Crippen molar-refractivity contribution in [2.75, 3.05) is 0 Å². The number of hydrogen-bond donors (Lipinski definition) is 0. The number of hydrogen-bond acceptors (Lipinski definition) is 1. The lowest BCUT2D eigenvalue weighted by molar-refractivity contribution is 0.563. The summed E-state index contributed by atoms with van der Waals surface area (Å²) in [7, 11) is 0. The van der Waals surface area contributed by atoms with Crippen molar-refractivity contribution in [3.8, 4) is 11.1 Å². The SMILES string of the molecule is CC(N=Cc1ccc(-c2ccccc2)cc1)c1ccc(F)cc1F. The number of nitrogens with zero attached hydrogens (tertiary/aromatic N) is 1. The van der Waals surface area contributed by atoms with Crippen molar-refractivity contribution < 1.29 is 8.78 Å². The monoisotopic (exact) mass is 321 g/mol. The molecule has 0 bridgehead atoms. The Labute approximate surface area is 140 Å². The van der Waals surface area contributed by atoms with Crippen LogP contribution in [0.4, 0.5) is 8.78 Å². The van der Waals surface area contributed by atoms with Gasteiger partial charge in [-0.25, -0.2) is 8.78 Å². The molecule has 0 aliphatic rings. The van der Waals surface area contributed by atoms with Crippen molar-refractivity contribution in [3.63, 3.8) is 0 Å². The molecule has 1 atom stereocenters. The zero-order valence-corrected chi connectivity index (χ0v) is 13.3. The molecule has 3 rings (SSSR count). The second-order valence-electron chi connectivity index (χ2n) is 5.61. The minimum atomic E-state index is -0.580. The van der Waals surface area contributed by atoms with Crippen LogP contribution in [-0.4, -0.2) is 6.21 Å². The van der Waals surface area contributed by atoms with E-state index in [0.29, 0.717) is 5.56 Å². The Morgan fingerprint density at radius 2 is 1.50 bits per heavy atom. The first kappa shape index (κ1) is 16.1. The van der Waals surface area contributed by atoms with Gasteiger partial charge in [-0.2, -0.15) is 0 Å². The maximum Gasteiger partial charge on any atom is 0.131 e. The van der Waals surface area contributed by atoms with Gasteiger partial charge in [-0.3, -0.25) is 4.99 Å². The first-order valence-corrected chi connectivity index (χ1v) is 7.77. The van der Waals surface area contributed by atoms with E-state index in [0.717, 1.165) is 22.8 Å². The van der Waals surface area contributed by atoms with E-state index >= 15 is 0 Å². The fourth-order valence-electron chi connectivity index (χ4n) is 2.51. The van der Waals surface area contributed by atoms with E-state index in [9.17, 15) is 8.78 Å². The van der Waals surface area contributed by atoms with Gasteiger partial charge < -0.3 is 0 Å². The summed E-state index contributed by atoms with van der Waals surface area (Å²) in [6, 6.07) is 21.3. The quantitative estimate of drug-likeness (QED) is 0.538. The van der Waals surface area contributed by atoms with Gasteiger partial charge in [0, 0.05) is 17.8 Å². The predicted octanol–water partition coefficient (Wildman–Crippen LogP) is 5.81. The first-order chi connectivity index (χ1) is 11.6. The number of aliphatic imine (C=N–C) groups is 1. The molecule has 0 aliphatic heterocycles. The molecule has 3 aromatic carbocycles. The van der Waals surface area contributed by atoms with E-state index in [4.69, 9.17) is 0 Å². The zero-order chi connectivity index (χ0) is 16.9. The Hall–Kier alpha value is -2.81. The van der Waals surface area contributed by atoms with Gasteiger partial charge in [0.05, 0.1) is 6.04 Å². The molecular formula is C21H17F2N. The molecule has 0 spiro atoms. The van der Waals surface area contributed by atoms with Crippen molar-refractivity contribution in [2.24, 2.45) is 4.99 Å². The molecule has 0 radical (unpaired) electrons. The van der Waals surface area contributed by atoms with Crippen LogP contribution in [0.3, 0.4) is 0 Å². The molecule has 0 heterocycles. The van der Waals surface area contributed by atoms with Gasteiger partial charge in [-0.15, -0.1) is 0 Å². The molecule has 3 heteroatoms. The van der Waals surface area contributed by atoms with E-state index in [1.807, 2.05) is 42.5 Å². The van der Waals surface area contributed by atoms with Gasteiger partial charge in [-0.1, -0.05) is 60.7 Å². The fourth-order valence-corrected chi connectivity index (χ4v) is 2.51. The van der Waals surface area contributed by atoms with Gasteiger partial charge in [-0.05, 0) is 29.7 Å². The molecule has 24 heavy (non-hydrogen) atoms. The molecule has 3 aromatic rings. The summed E-state index contributed by atoms with van der Waals surface area (Å²) in [6.07, 6.45) is 1.71. The summed E-state index contributed by atoms with van der Waals surface area (Å²) in [5.74, 6) is -1.15. The smallest absolute Gasteiger partial charge is 0.131 e. The molecule has 1 unspecified atom stereocenters. The Kier molecular flexibility index (Phi) is 4.80. The van der Waals surface area contributed by atoms with Crippen LogP contribution in [0.1, 0.15) is 24.1 Å². The molecule has 0 fully saturated rings. The minimum absolute atomic E-state index is 0.376. The highest BCUT2D eigenvalue weighted by atomic mass is 19.1. The molecule has 1 nitrogen and oxygen atoms in total. The van der Waals surface area contributed by atoms with Gasteiger partial charge in [0.1, 0.15) is 11.6 Å². The van der Waals surface area contributed by atoms with Crippen LogP contribution < -0.4 is 0 Å². The summed E-state index contributed by atoms with van der Waals surface area (Å²) in [6.45, 7) is 1.78. The number of rotatable bonds is 4. The van der Waals surface area contributed by atoms with Gasteiger partial charge in [0.15, 0.2) is 0 Å². The summed E-state index contributed by atoms with van der Waals surface area (Å²) in [4.78, 5) is 4.37. The van der Waals surface area contributed by atoms with Crippen LogP contribution in [0, 0.1) is 11.6 Å². The second-order valence-corrected chi connectivity index (χ2v) is 5.61. The topological polar surface area (TPSA) is 12.4 Å². The van der Waals surface area contributed by atoms with Crippen molar-refractivity contribution in [2.45, 2.75) is 13.0 Å². The van der Waals surface area contributed by atoms with Crippen LogP contribution in [0.25, 0.3) is 11.1 Å². The predicted molar refractivity (Wildman–Crippen MR) is 94.2 cm³/mol. The van der Waals surface area contributed by atoms with Crippen molar-refractivity contribution >= 4 is 6.21 Å². The van der Waals surface area contributed by atoms with Gasteiger partial charge in [0.25, 0.3) is 0 Å². The number of benzene rings is 3. The second kappa shape index (κ2) is 7.18. The van der Waals surface area contributed by atoms with Crippen LogP contribution in [-0.2, 0) is 0 Å². The molecule has 0 aromatic heterocycles. The maximum absolute atomic E-state index is 13.8. The van der Waals surface area contributed by atoms with E-state index in [2.05, 4.69) is 17.1 Å². The summed E-state index contributed by atoms with van der Waals surface area (Å²) in [5.41, 5.74) is 3.60. The average molecular weight is 321 g/mol. The highest BCUT2D eigenvalue weighted by Gasteiger charge is 2.09. The third kappa shape index (κ3) is 3.74. The Bertz CT molecular complexity index is 839. The molecule has 0 N–H and O–H groups in total. The molecule has 0 amide bonds. The Balaban J connectivity index is 1.74. The lowest BCUT2D eigenvalue weighted by atomic mass is 10.0. The normalized spacial score (nSPS) is 12.5. The maximum atomic E-state index is 13.8. The molecule has 0 saturated carbocycles. The third-order valence-corrected chi connectivity index (χ3v) is 3.88. The minimum Gasteiger partial charge on any atom is -0.285 e. The highest BCUT2D eigenvalue weighted by molar-refractivity contribution is 5.81. The van der Waals surface area contributed by atoms with Crippen molar-refractivity contribution in [3.05, 3.63) is 95.6 Å². The number of halogens is 2. The fraction of sp³-hybridized carbons (Fsp3) is 0.0952.